The molecule has 8 heteroatoms. The van der Waals surface area contributed by atoms with Gasteiger partial charge in [-0.05, 0) is 37.6 Å². The first-order valence-electron chi connectivity index (χ1n) is 8.03. The third kappa shape index (κ3) is 4.25. The van der Waals surface area contributed by atoms with E-state index in [0.29, 0.717) is 19.0 Å². The SMILES string of the molecule is CCN=C(NS(=O)(=O)c1ccc(N(C)C)cc1)N1CC(CC)C=N1. The Balaban J connectivity index is 2.19. The summed E-state index contributed by atoms with van der Waals surface area (Å²) in [6.07, 6.45) is 2.80. The molecule has 0 saturated heterocycles. The molecule has 1 aliphatic rings. The molecule has 0 saturated carbocycles. The number of sulfonamides is 1. The normalized spacial score (nSPS) is 18.1. The van der Waals surface area contributed by atoms with Crippen LogP contribution in [-0.4, -0.2) is 52.8 Å². The maximum absolute atomic E-state index is 12.6. The molecule has 0 aliphatic carbocycles. The molecule has 0 radical (unpaired) electrons. The van der Waals surface area contributed by atoms with Crippen molar-refractivity contribution in [1.82, 2.24) is 9.73 Å². The first kappa shape index (κ1) is 18.3. The van der Waals surface area contributed by atoms with Crippen LogP contribution in [0.25, 0.3) is 0 Å². The van der Waals surface area contributed by atoms with Crippen LogP contribution in [0, 0.1) is 5.92 Å². The zero-order valence-electron chi connectivity index (χ0n) is 14.6. The zero-order valence-corrected chi connectivity index (χ0v) is 15.4. The summed E-state index contributed by atoms with van der Waals surface area (Å²) in [7, 11) is 0.111. The number of nitrogens with zero attached hydrogens (tertiary/aromatic N) is 4. The summed E-state index contributed by atoms with van der Waals surface area (Å²) in [5.74, 6) is 0.581. The molecule has 1 heterocycles. The van der Waals surface area contributed by atoms with Crippen LogP contribution in [0.2, 0.25) is 0 Å². The standard InChI is InChI=1S/C16H25N5O2S/c1-5-13-11-18-21(12-13)16(17-6-2)19-24(22,23)15-9-7-14(8-10-15)20(3)4/h7-11,13H,5-6,12H2,1-4H3,(H,17,19). The Hall–Kier alpha value is -2.09. The van der Waals surface area contributed by atoms with Crippen molar-refractivity contribution in [1.29, 1.82) is 0 Å². The maximum Gasteiger partial charge on any atom is 0.264 e. The fraction of sp³-hybridized carbons (Fsp3) is 0.500. The predicted molar refractivity (Wildman–Crippen MR) is 98.0 cm³/mol. The van der Waals surface area contributed by atoms with Gasteiger partial charge < -0.3 is 4.90 Å². The van der Waals surface area contributed by atoms with E-state index in [1.165, 1.54) is 0 Å². The zero-order chi connectivity index (χ0) is 17.7. The second-order valence-corrected chi connectivity index (χ2v) is 7.49. The molecule has 0 aromatic heterocycles. The predicted octanol–water partition coefficient (Wildman–Crippen LogP) is 1.73. The Kier molecular flexibility index (Phi) is 5.82. The Labute approximate surface area is 144 Å². The fourth-order valence-corrected chi connectivity index (χ4v) is 3.31. The van der Waals surface area contributed by atoms with Crippen LogP contribution in [0.4, 0.5) is 5.69 Å². The molecular formula is C16H25N5O2S. The summed E-state index contributed by atoms with van der Waals surface area (Å²) >= 11 is 0. The quantitative estimate of drug-likeness (QED) is 0.647. The number of guanidine groups is 1. The molecule has 0 fully saturated rings. The monoisotopic (exact) mass is 351 g/mol. The van der Waals surface area contributed by atoms with Gasteiger partial charge in [-0.25, -0.2) is 18.1 Å². The number of hydrogen-bond donors (Lipinski definition) is 1. The van der Waals surface area contributed by atoms with Crippen molar-refractivity contribution >= 4 is 27.9 Å². The van der Waals surface area contributed by atoms with Gasteiger partial charge in [0.15, 0.2) is 0 Å². The molecule has 1 atom stereocenters. The highest BCUT2D eigenvalue weighted by molar-refractivity contribution is 7.90. The summed E-state index contributed by atoms with van der Waals surface area (Å²) in [4.78, 5) is 6.38. The van der Waals surface area contributed by atoms with Gasteiger partial charge in [-0.2, -0.15) is 5.10 Å². The van der Waals surface area contributed by atoms with E-state index in [4.69, 9.17) is 0 Å². The highest BCUT2D eigenvalue weighted by atomic mass is 32.2. The minimum absolute atomic E-state index is 0.201. The van der Waals surface area contributed by atoms with Gasteiger partial charge in [0.05, 0.1) is 11.4 Å². The van der Waals surface area contributed by atoms with E-state index in [2.05, 4.69) is 21.7 Å². The van der Waals surface area contributed by atoms with Crippen molar-refractivity contribution in [3.05, 3.63) is 24.3 Å². The van der Waals surface area contributed by atoms with Crippen molar-refractivity contribution in [2.24, 2.45) is 16.0 Å². The van der Waals surface area contributed by atoms with Gasteiger partial charge in [-0.15, -0.1) is 0 Å². The van der Waals surface area contributed by atoms with E-state index in [-0.39, 0.29) is 10.9 Å². The van der Waals surface area contributed by atoms with Gasteiger partial charge in [0.2, 0.25) is 5.96 Å². The minimum atomic E-state index is -3.70. The van der Waals surface area contributed by atoms with E-state index in [1.807, 2.05) is 32.1 Å². The van der Waals surface area contributed by atoms with Crippen LogP contribution < -0.4 is 9.62 Å². The smallest absolute Gasteiger partial charge is 0.264 e. The highest BCUT2D eigenvalue weighted by Gasteiger charge is 2.24. The van der Waals surface area contributed by atoms with Crippen molar-refractivity contribution in [3.8, 4) is 0 Å². The van der Waals surface area contributed by atoms with Gasteiger partial charge in [-0.1, -0.05) is 6.92 Å². The van der Waals surface area contributed by atoms with Crippen molar-refractivity contribution in [2.45, 2.75) is 25.2 Å². The lowest BCUT2D eigenvalue weighted by Gasteiger charge is -2.19. The molecule has 0 bridgehead atoms. The summed E-state index contributed by atoms with van der Waals surface area (Å²) in [6.45, 7) is 5.04. The van der Waals surface area contributed by atoms with Gasteiger partial charge in [0.25, 0.3) is 10.0 Å². The maximum atomic E-state index is 12.6. The molecule has 24 heavy (non-hydrogen) atoms. The summed E-state index contributed by atoms with van der Waals surface area (Å²) in [6, 6.07) is 6.71. The Morgan fingerprint density at radius 1 is 1.33 bits per heavy atom. The van der Waals surface area contributed by atoms with Crippen LogP contribution in [-0.2, 0) is 10.0 Å². The van der Waals surface area contributed by atoms with E-state index in [1.54, 1.807) is 29.3 Å². The van der Waals surface area contributed by atoms with E-state index in [9.17, 15) is 8.42 Å². The average molecular weight is 351 g/mol. The number of nitrogens with one attached hydrogen (secondary N) is 1. The van der Waals surface area contributed by atoms with Gasteiger partial charge >= 0.3 is 0 Å². The second kappa shape index (κ2) is 7.65. The van der Waals surface area contributed by atoms with E-state index in [0.717, 1.165) is 12.1 Å². The first-order valence-corrected chi connectivity index (χ1v) is 9.52. The third-order valence-electron chi connectivity index (χ3n) is 3.79. The van der Waals surface area contributed by atoms with Crippen LogP contribution in [0.3, 0.4) is 0 Å². The van der Waals surface area contributed by atoms with Crippen molar-refractivity contribution < 1.29 is 8.42 Å². The van der Waals surface area contributed by atoms with Gasteiger partial charge in [0.1, 0.15) is 0 Å². The third-order valence-corrected chi connectivity index (χ3v) is 5.13. The lowest BCUT2D eigenvalue weighted by atomic mass is 10.1. The highest BCUT2D eigenvalue weighted by Crippen LogP contribution is 2.17. The summed E-state index contributed by atoms with van der Waals surface area (Å²) < 4.78 is 27.8. The number of benzene rings is 1. The molecule has 1 N–H and O–H groups in total. The lowest BCUT2D eigenvalue weighted by Crippen LogP contribution is -2.41. The number of aliphatic imine (C=N–C) groups is 1. The number of rotatable bonds is 5. The largest absolute Gasteiger partial charge is 0.378 e. The molecule has 0 spiro atoms. The molecule has 7 nitrogen and oxygen atoms in total. The molecule has 1 aliphatic heterocycles. The molecule has 1 aromatic carbocycles. The van der Waals surface area contributed by atoms with E-state index >= 15 is 0 Å². The Morgan fingerprint density at radius 3 is 2.50 bits per heavy atom. The molecule has 1 unspecified atom stereocenters. The fourth-order valence-electron chi connectivity index (χ4n) is 2.29. The summed E-state index contributed by atoms with van der Waals surface area (Å²) in [5.41, 5.74) is 0.936. The van der Waals surface area contributed by atoms with Crippen LogP contribution in [0.5, 0.6) is 0 Å². The van der Waals surface area contributed by atoms with Gasteiger partial charge in [0, 0.05) is 38.5 Å². The van der Waals surface area contributed by atoms with Crippen LogP contribution in [0.1, 0.15) is 20.3 Å². The van der Waals surface area contributed by atoms with Crippen LogP contribution >= 0.6 is 0 Å². The Bertz CT molecular complexity index is 710. The topological polar surface area (TPSA) is 77.4 Å². The molecule has 0 amide bonds. The molecule has 2 rings (SSSR count). The average Bonchev–Trinajstić information content (AvgIpc) is 3.03. The summed E-state index contributed by atoms with van der Waals surface area (Å²) in [5, 5.41) is 5.88. The van der Waals surface area contributed by atoms with Crippen molar-refractivity contribution in [3.63, 3.8) is 0 Å². The second-order valence-electron chi connectivity index (χ2n) is 5.81. The van der Waals surface area contributed by atoms with Gasteiger partial charge in [-0.3, -0.25) is 4.99 Å². The van der Waals surface area contributed by atoms with Crippen molar-refractivity contribution in [2.75, 3.05) is 32.1 Å². The van der Waals surface area contributed by atoms with E-state index < -0.39 is 10.0 Å². The first-order chi connectivity index (χ1) is 11.4. The number of hydrogen-bond acceptors (Lipinski definition) is 5. The minimum Gasteiger partial charge on any atom is -0.378 e. The molecule has 1 aromatic rings. The Morgan fingerprint density at radius 2 is 2.00 bits per heavy atom. The lowest BCUT2D eigenvalue weighted by molar-refractivity contribution is 0.429. The number of anilines is 1. The molecular weight excluding hydrogens is 326 g/mol. The number of hydrazone groups is 1. The molecule has 132 valence electrons. The van der Waals surface area contributed by atoms with Crippen LogP contribution in [0.15, 0.2) is 39.3 Å².